The molecule has 0 bridgehead atoms. The number of imidazole rings is 1. The smallest absolute Gasteiger partial charge is 0.140 e. The molecule has 0 spiro atoms. The molecular weight excluding hydrogens is 390 g/mol. The summed E-state index contributed by atoms with van der Waals surface area (Å²) in [4.78, 5) is 4.21. The highest BCUT2D eigenvalue weighted by Gasteiger charge is 2.17. The van der Waals surface area contributed by atoms with E-state index in [1.165, 1.54) is 6.08 Å². The van der Waals surface area contributed by atoms with Crippen molar-refractivity contribution in [3.8, 4) is 16.9 Å². The summed E-state index contributed by atoms with van der Waals surface area (Å²) in [7, 11) is 0. The van der Waals surface area contributed by atoms with Gasteiger partial charge >= 0.3 is 0 Å². The normalized spacial score (nSPS) is 10.6. The second kappa shape index (κ2) is 6.36. The van der Waals surface area contributed by atoms with Crippen molar-refractivity contribution in [1.82, 2.24) is 9.55 Å². The van der Waals surface area contributed by atoms with Gasteiger partial charge in [0.2, 0.25) is 0 Å². The fourth-order valence-corrected chi connectivity index (χ4v) is 3.68. The summed E-state index contributed by atoms with van der Waals surface area (Å²) in [6.45, 7) is 3.68. The Morgan fingerprint density at radius 3 is 2.59 bits per heavy atom. The number of halogens is 2. The van der Waals surface area contributed by atoms with Gasteiger partial charge in [0.15, 0.2) is 0 Å². The number of hydrogen-bond acceptors (Lipinski definition) is 1. The molecule has 0 fully saturated rings. The molecule has 0 N–H and O–H groups in total. The van der Waals surface area contributed by atoms with Crippen LogP contribution >= 0.6 is 20.7 Å². The summed E-state index contributed by atoms with van der Waals surface area (Å²) < 4.78 is 21.7. The van der Waals surface area contributed by atoms with Crippen molar-refractivity contribution in [2.45, 2.75) is 0 Å². The van der Waals surface area contributed by atoms with Crippen molar-refractivity contribution in [2.75, 3.05) is 0 Å². The van der Waals surface area contributed by atoms with Gasteiger partial charge in [0.05, 0.1) is 18.2 Å². The Hall–Kier alpha value is -2.08. The van der Waals surface area contributed by atoms with Gasteiger partial charge < -0.3 is 0 Å². The van der Waals surface area contributed by atoms with Crippen LogP contribution in [0.15, 0.2) is 61.6 Å². The molecule has 0 saturated heterocycles. The number of para-hydroxylation sites is 1. The Kier molecular flexibility index (Phi) is 4.29. The highest BCUT2D eigenvalue weighted by atomic mass is 127. The average Bonchev–Trinajstić information content (AvgIpc) is 3.04. The van der Waals surface area contributed by atoms with Crippen molar-refractivity contribution < 1.29 is 4.39 Å². The molecule has 0 radical (unpaired) electrons. The van der Waals surface area contributed by atoms with Crippen LogP contribution in [-0.4, -0.2) is 14.1 Å². The molecule has 4 heteroatoms. The van der Waals surface area contributed by atoms with E-state index in [9.17, 15) is 4.39 Å². The van der Waals surface area contributed by atoms with Gasteiger partial charge in [0, 0.05) is 20.4 Å². The van der Waals surface area contributed by atoms with Crippen LogP contribution < -0.4 is 0 Å². The van der Waals surface area contributed by atoms with Gasteiger partial charge in [-0.25, -0.2) is 9.37 Å². The van der Waals surface area contributed by atoms with E-state index < -0.39 is 20.7 Å². The zero-order chi connectivity index (χ0) is 15.5. The predicted molar refractivity (Wildman–Crippen MR) is 98.9 cm³/mol. The molecule has 110 valence electrons. The first-order valence-corrected chi connectivity index (χ1v) is 9.28. The van der Waals surface area contributed by atoms with Gasteiger partial charge in [-0.1, -0.05) is 62.2 Å². The molecule has 2 nitrogen and oxygen atoms in total. The lowest BCUT2D eigenvalue weighted by Gasteiger charge is -2.12. The van der Waals surface area contributed by atoms with Crippen LogP contribution in [0.5, 0.6) is 0 Å². The Bertz CT molecular complexity index is 838. The van der Waals surface area contributed by atoms with Crippen molar-refractivity contribution >= 4 is 31.3 Å². The number of aromatic nitrogens is 2. The first-order valence-electron chi connectivity index (χ1n) is 6.67. The van der Waals surface area contributed by atoms with Crippen molar-refractivity contribution in [1.29, 1.82) is 0 Å². The van der Waals surface area contributed by atoms with Crippen LogP contribution in [-0.2, 0) is 0 Å². The number of nitrogens with zero attached hydrogens (tertiary/aromatic N) is 2. The summed E-state index contributed by atoms with van der Waals surface area (Å²) in [6.07, 6.45) is 4.93. The molecule has 1 heterocycles. The van der Waals surface area contributed by atoms with Crippen LogP contribution in [0, 0.1) is 9.39 Å². The quantitative estimate of drug-likeness (QED) is 0.566. The number of rotatable bonds is 4. The standard InChI is InChI=1S/C18H14FIN2/c1-3-13-9-10-15(20-2)17(18(13)19)16-11-21-12-22(16)14-7-5-4-6-8-14/h3-12H,1-2H2. The molecule has 1 aromatic heterocycles. The minimum absolute atomic E-state index is 0.256. The lowest BCUT2D eigenvalue weighted by molar-refractivity contribution is 0.626. The van der Waals surface area contributed by atoms with E-state index in [0.29, 0.717) is 11.1 Å². The van der Waals surface area contributed by atoms with E-state index >= 15 is 0 Å². The Morgan fingerprint density at radius 2 is 1.91 bits per heavy atom. The molecule has 0 aliphatic heterocycles. The fourth-order valence-electron chi connectivity index (χ4n) is 2.35. The average molecular weight is 404 g/mol. The molecule has 0 saturated carbocycles. The minimum atomic E-state index is -0.502. The van der Waals surface area contributed by atoms with Crippen LogP contribution in [0.4, 0.5) is 4.39 Å². The SMILES string of the molecule is C=Cc1ccc(I=C)c(-c2cncn2-c2ccccc2)c1F. The first-order chi connectivity index (χ1) is 10.8. The third kappa shape index (κ3) is 2.54. The summed E-state index contributed by atoms with van der Waals surface area (Å²) in [6, 6.07) is 13.5. The molecule has 0 amide bonds. The van der Waals surface area contributed by atoms with E-state index in [0.717, 1.165) is 15.0 Å². The zero-order valence-corrected chi connectivity index (χ0v) is 14.0. The van der Waals surface area contributed by atoms with Crippen LogP contribution in [0.3, 0.4) is 0 Å². The monoisotopic (exact) mass is 404 g/mol. The molecule has 22 heavy (non-hydrogen) atoms. The zero-order valence-electron chi connectivity index (χ0n) is 11.8. The van der Waals surface area contributed by atoms with Gasteiger partial charge in [-0.15, -0.1) is 0 Å². The maximum Gasteiger partial charge on any atom is 0.140 e. The predicted octanol–water partition coefficient (Wildman–Crippen LogP) is 4.89. The molecule has 2 aromatic carbocycles. The second-order valence-electron chi connectivity index (χ2n) is 4.65. The summed E-state index contributed by atoms with van der Waals surface area (Å²) in [5.74, 6) is -0.256. The van der Waals surface area contributed by atoms with Crippen molar-refractivity contribution in [3.05, 3.63) is 76.5 Å². The van der Waals surface area contributed by atoms with Gasteiger partial charge in [-0.05, 0) is 18.2 Å². The van der Waals surface area contributed by atoms with Crippen LogP contribution in [0.2, 0.25) is 0 Å². The van der Waals surface area contributed by atoms with Gasteiger partial charge in [-0.3, -0.25) is 4.57 Å². The maximum absolute atomic E-state index is 14.9. The minimum Gasteiger partial charge on any atom is -0.299 e. The molecular formula is C18H14FIN2. The van der Waals surface area contributed by atoms with Crippen LogP contribution in [0.1, 0.15) is 5.56 Å². The third-order valence-electron chi connectivity index (χ3n) is 3.41. The Morgan fingerprint density at radius 1 is 1.14 bits per heavy atom. The Labute approximate surface area is 138 Å². The highest BCUT2D eigenvalue weighted by Crippen LogP contribution is 2.33. The van der Waals surface area contributed by atoms with E-state index in [2.05, 4.69) is 16.1 Å². The van der Waals surface area contributed by atoms with Gasteiger partial charge in [-0.2, -0.15) is 0 Å². The van der Waals surface area contributed by atoms with E-state index in [-0.39, 0.29) is 5.82 Å². The van der Waals surface area contributed by atoms with Crippen LogP contribution in [0.25, 0.3) is 23.0 Å². The largest absolute Gasteiger partial charge is 0.299 e. The Balaban J connectivity index is 2.28. The van der Waals surface area contributed by atoms with E-state index in [1.54, 1.807) is 18.6 Å². The molecule has 0 aliphatic rings. The molecule has 0 aliphatic carbocycles. The van der Waals surface area contributed by atoms with Crippen molar-refractivity contribution in [2.24, 2.45) is 0 Å². The van der Waals surface area contributed by atoms with Gasteiger partial charge in [0.25, 0.3) is 0 Å². The van der Waals surface area contributed by atoms with E-state index in [4.69, 9.17) is 0 Å². The molecule has 3 rings (SSSR count). The lowest BCUT2D eigenvalue weighted by atomic mass is 10.1. The van der Waals surface area contributed by atoms with Gasteiger partial charge in [0.1, 0.15) is 5.82 Å². The third-order valence-corrected chi connectivity index (χ3v) is 5.13. The topological polar surface area (TPSA) is 17.8 Å². The lowest BCUT2D eigenvalue weighted by Crippen LogP contribution is -2.00. The molecule has 0 atom stereocenters. The maximum atomic E-state index is 14.9. The molecule has 0 unspecified atom stereocenters. The summed E-state index contributed by atoms with van der Waals surface area (Å²) >= 11 is -0.502. The first kappa shape index (κ1) is 14.8. The fraction of sp³-hybridized carbons (Fsp3) is 0. The molecule has 3 aromatic rings. The number of hydrogen-bond donors (Lipinski definition) is 0. The highest BCUT2D eigenvalue weighted by molar-refractivity contribution is 14.2. The number of benzene rings is 2. The second-order valence-corrected chi connectivity index (χ2v) is 6.57. The summed E-state index contributed by atoms with van der Waals surface area (Å²) in [5, 5.41) is 0. The van der Waals surface area contributed by atoms with Crippen molar-refractivity contribution in [3.63, 3.8) is 0 Å². The summed E-state index contributed by atoms with van der Waals surface area (Å²) in [5.41, 5.74) is 2.77. The van der Waals surface area contributed by atoms with E-state index in [1.807, 2.05) is 41.0 Å².